The second kappa shape index (κ2) is 11.8. The molecular weight excluding hydrogens is 264 g/mol. The minimum absolute atomic E-state index is 0.216. The van der Waals surface area contributed by atoms with Crippen LogP contribution in [-0.2, 0) is 4.74 Å². The Morgan fingerprint density at radius 2 is 1.62 bits per heavy atom. The predicted octanol–water partition coefficient (Wildman–Crippen LogP) is 4.19. The molecule has 0 aromatic carbocycles. The third kappa shape index (κ3) is 12.7. The van der Waals surface area contributed by atoms with Gasteiger partial charge in [0.15, 0.2) is 0 Å². The summed E-state index contributed by atoms with van der Waals surface area (Å²) >= 11 is 0. The quantitative estimate of drug-likeness (QED) is 0.582. The third-order valence-corrected chi connectivity index (χ3v) is 3.30. The molecule has 0 saturated heterocycles. The molecule has 0 fully saturated rings. The van der Waals surface area contributed by atoms with Gasteiger partial charge in [-0.1, -0.05) is 39.0 Å². The molecule has 0 spiro atoms. The lowest BCUT2D eigenvalue weighted by molar-refractivity contribution is 0.0262. The average molecular weight is 300 g/mol. The Morgan fingerprint density at radius 1 is 1.00 bits per heavy atom. The molecule has 126 valence electrons. The summed E-state index contributed by atoms with van der Waals surface area (Å²) in [6.45, 7) is 13.2. The molecule has 0 aliphatic rings. The maximum absolute atomic E-state index is 11.9. The predicted molar refractivity (Wildman–Crippen MR) is 89.7 cm³/mol. The summed E-state index contributed by atoms with van der Waals surface area (Å²) in [5.41, 5.74) is -0.420. The van der Waals surface area contributed by atoms with Crippen LogP contribution < -0.4 is 5.32 Å². The van der Waals surface area contributed by atoms with Crippen LogP contribution in [0.4, 0.5) is 4.79 Å². The first-order valence-corrected chi connectivity index (χ1v) is 8.59. The molecule has 0 saturated carbocycles. The van der Waals surface area contributed by atoms with Crippen molar-refractivity contribution in [2.24, 2.45) is 0 Å². The molecule has 21 heavy (non-hydrogen) atoms. The van der Waals surface area contributed by atoms with Gasteiger partial charge in [0, 0.05) is 19.6 Å². The average Bonchev–Trinajstić information content (AvgIpc) is 2.39. The fourth-order valence-electron chi connectivity index (χ4n) is 2.07. The van der Waals surface area contributed by atoms with Gasteiger partial charge < -0.3 is 15.0 Å². The van der Waals surface area contributed by atoms with Crippen LogP contribution in [0, 0.1) is 0 Å². The van der Waals surface area contributed by atoms with E-state index in [1.807, 2.05) is 27.7 Å². The summed E-state index contributed by atoms with van der Waals surface area (Å²) < 4.78 is 5.38. The Labute approximate surface area is 131 Å². The second-order valence-electron chi connectivity index (χ2n) is 6.58. The molecule has 0 rings (SSSR count). The maximum atomic E-state index is 11.9. The number of hydrogen-bond acceptors (Lipinski definition) is 3. The number of nitrogens with one attached hydrogen (secondary N) is 1. The number of hydrogen-bond donors (Lipinski definition) is 1. The van der Waals surface area contributed by atoms with Gasteiger partial charge in [-0.15, -0.1) is 0 Å². The van der Waals surface area contributed by atoms with Crippen LogP contribution in [0.1, 0.15) is 73.1 Å². The first kappa shape index (κ1) is 20.2. The highest BCUT2D eigenvalue weighted by atomic mass is 16.6. The molecule has 0 radical (unpaired) electrons. The lowest BCUT2D eigenvalue weighted by Crippen LogP contribution is -2.40. The number of rotatable bonds is 11. The molecule has 1 N–H and O–H groups in total. The van der Waals surface area contributed by atoms with Crippen molar-refractivity contribution in [3.63, 3.8) is 0 Å². The summed E-state index contributed by atoms with van der Waals surface area (Å²) in [4.78, 5) is 13.7. The highest BCUT2D eigenvalue weighted by Gasteiger charge is 2.20. The zero-order chi connectivity index (χ0) is 16.1. The fraction of sp³-hybridized carbons (Fsp3) is 0.941. The van der Waals surface area contributed by atoms with Crippen LogP contribution in [0.3, 0.4) is 0 Å². The summed E-state index contributed by atoms with van der Waals surface area (Å²) in [6, 6.07) is 0. The van der Waals surface area contributed by atoms with Crippen molar-refractivity contribution in [2.75, 3.05) is 26.2 Å². The summed E-state index contributed by atoms with van der Waals surface area (Å²) in [7, 11) is 0. The van der Waals surface area contributed by atoms with E-state index in [4.69, 9.17) is 4.74 Å². The van der Waals surface area contributed by atoms with Crippen LogP contribution in [0.25, 0.3) is 0 Å². The molecule has 4 nitrogen and oxygen atoms in total. The second-order valence-corrected chi connectivity index (χ2v) is 6.58. The van der Waals surface area contributed by atoms with Crippen LogP contribution in [0.2, 0.25) is 0 Å². The van der Waals surface area contributed by atoms with E-state index in [1.54, 1.807) is 4.90 Å². The van der Waals surface area contributed by atoms with Gasteiger partial charge in [0.1, 0.15) is 5.60 Å². The molecule has 4 heteroatoms. The molecule has 0 heterocycles. The number of unbranched alkanes of at least 4 members (excludes halogenated alkanes) is 5. The van der Waals surface area contributed by atoms with E-state index in [9.17, 15) is 4.79 Å². The Morgan fingerprint density at radius 3 is 2.19 bits per heavy atom. The molecule has 0 aliphatic carbocycles. The van der Waals surface area contributed by atoms with Crippen LogP contribution in [0.15, 0.2) is 0 Å². The van der Waals surface area contributed by atoms with E-state index in [-0.39, 0.29) is 6.09 Å². The van der Waals surface area contributed by atoms with E-state index in [2.05, 4.69) is 12.2 Å². The standard InChI is InChI=1S/C17H36N2O2/c1-6-8-9-10-11-12-13-18-14-15-19(7-2)16(20)21-17(3,4)5/h18H,6-15H2,1-5H3. The Hall–Kier alpha value is -0.770. The lowest BCUT2D eigenvalue weighted by atomic mass is 10.1. The van der Waals surface area contributed by atoms with Gasteiger partial charge >= 0.3 is 6.09 Å². The zero-order valence-electron chi connectivity index (χ0n) is 14.8. The number of carbonyl (C=O) groups is 1. The largest absolute Gasteiger partial charge is 0.444 e. The monoisotopic (exact) mass is 300 g/mol. The van der Waals surface area contributed by atoms with Gasteiger partial charge in [-0.3, -0.25) is 0 Å². The summed E-state index contributed by atoms with van der Waals surface area (Å²) in [6.07, 6.45) is 7.67. The van der Waals surface area contributed by atoms with Gasteiger partial charge in [0.25, 0.3) is 0 Å². The topological polar surface area (TPSA) is 41.6 Å². The number of ether oxygens (including phenoxy) is 1. The molecule has 0 aromatic rings. The van der Waals surface area contributed by atoms with Gasteiger partial charge in [-0.2, -0.15) is 0 Å². The lowest BCUT2D eigenvalue weighted by Gasteiger charge is -2.26. The van der Waals surface area contributed by atoms with Crippen molar-refractivity contribution < 1.29 is 9.53 Å². The minimum atomic E-state index is -0.420. The maximum Gasteiger partial charge on any atom is 0.410 e. The van der Waals surface area contributed by atoms with E-state index >= 15 is 0 Å². The molecule has 1 amide bonds. The molecular formula is C17H36N2O2. The smallest absolute Gasteiger partial charge is 0.410 e. The highest BCUT2D eigenvalue weighted by Crippen LogP contribution is 2.09. The number of likely N-dealkylation sites (N-methyl/N-ethyl adjacent to an activating group) is 1. The number of nitrogens with zero attached hydrogens (tertiary/aromatic N) is 1. The summed E-state index contributed by atoms with van der Waals surface area (Å²) in [5, 5.41) is 3.41. The molecule has 0 aromatic heterocycles. The fourth-order valence-corrected chi connectivity index (χ4v) is 2.07. The first-order valence-electron chi connectivity index (χ1n) is 8.59. The van der Waals surface area contributed by atoms with Crippen molar-refractivity contribution in [2.45, 2.75) is 78.7 Å². The van der Waals surface area contributed by atoms with E-state index in [1.165, 1.54) is 38.5 Å². The third-order valence-electron chi connectivity index (χ3n) is 3.30. The number of amides is 1. The van der Waals surface area contributed by atoms with Gasteiger partial charge in [-0.25, -0.2) is 4.79 Å². The van der Waals surface area contributed by atoms with Crippen molar-refractivity contribution in [1.82, 2.24) is 10.2 Å². The van der Waals surface area contributed by atoms with Crippen LogP contribution in [0.5, 0.6) is 0 Å². The van der Waals surface area contributed by atoms with E-state index < -0.39 is 5.60 Å². The minimum Gasteiger partial charge on any atom is -0.444 e. The molecule has 0 atom stereocenters. The Bertz CT molecular complexity index is 262. The molecule has 0 aliphatic heterocycles. The van der Waals surface area contributed by atoms with Crippen molar-refractivity contribution in [1.29, 1.82) is 0 Å². The van der Waals surface area contributed by atoms with E-state index in [0.717, 1.165) is 13.1 Å². The molecule has 0 unspecified atom stereocenters. The van der Waals surface area contributed by atoms with Crippen molar-refractivity contribution in [3.8, 4) is 0 Å². The van der Waals surface area contributed by atoms with E-state index in [0.29, 0.717) is 13.1 Å². The Balaban J connectivity index is 3.62. The SMILES string of the molecule is CCCCCCCCNCCN(CC)C(=O)OC(C)(C)C. The van der Waals surface area contributed by atoms with Gasteiger partial charge in [-0.05, 0) is 40.7 Å². The van der Waals surface area contributed by atoms with Crippen LogP contribution >= 0.6 is 0 Å². The summed E-state index contributed by atoms with van der Waals surface area (Å²) in [5.74, 6) is 0. The van der Waals surface area contributed by atoms with Crippen LogP contribution in [-0.4, -0.2) is 42.8 Å². The van der Waals surface area contributed by atoms with Gasteiger partial charge in [0.2, 0.25) is 0 Å². The highest BCUT2D eigenvalue weighted by molar-refractivity contribution is 5.68. The molecule has 0 bridgehead atoms. The number of carbonyl (C=O) groups excluding carboxylic acids is 1. The first-order chi connectivity index (χ1) is 9.90. The normalized spacial score (nSPS) is 11.5. The van der Waals surface area contributed by atoms with Crippen molar-refractivity contribution >= 4 is 6.09 Å². The Kier molecular flexibility index (Phi) is 11.4. The zero-order valence-corrected chi connectivity index (χ0v) is 14.8. The van der Waals surface area contributed by atoms with Gasteiger partial charge in [0.05, 0.1) is 0 Å². The van der Waals surface area contributed by atoms with Crippen molar-refractivity contribution in [3.05, 3.63) is 0 Å².